The normalized spacial score (nSPS) is 13.3. The molecule has 0 radical (unpaired) electrons. The Balaban J connectivity index is 0. The quantitative estimate of drug-likeness (QED) is 0.325. The van der Waals surface area contributed by atoms with E-state index < -0.39 is 7.25 Å². The lowest BCUT2D eigenvalue weighted by Crippen LogP contribution is -2.70. The summed E-state index contributed by atoms with van der Waals surface area (Å²) in [5.74, 6) is 0.468. The van der Waals surface area contributed by atoms with Crippen molar-refractivity contribution < 1.29 is 27.0 Å². The van der Waals surface area contributed by atoms with Gasteiger partial charge in [0.15, 0.2) is 5.92 Å². The number of halogens is 4. The van der Waals surface area contributed by atoms with Crippen molar-refractivity contribution in [1.82, 2.24) is 0 Å². The maximum absolute atomic E-state index is 9.75. The Kier molecular flexibility index (Phi) is 8.73. The van der Waals surface area contributed by atoms with Crippen LogP contribution in [0.25, 0.3) is 0 Å². The fourth-order valence-corrected chi connectivity index (χ4v) is 0.628. The highest BCUT2D eigenvalue weighted by molar-refractivity contribution is 6.50. The molecule has 1 N–H and O–H groups in total. The molecule has 0 amide bonds. The molecule has 0 rings (SSSR count). The van der Waals surface area contributed by atoms with Crippen molar-refractivity contribution in [2.75, 3.05) is 13.7 Å². The van der Waals surface area contributed by atoms with Crippen molar-refractivity contribution in [3.63, 3.8) is 0 Å². The van der Waals surface area contributed by atoms with Gasteiger partial charge in [-0.3, -0.25) is 0 Å². The van der Waals surface area contributed by atoms with Crippen LogP contribution in [0.2, 0.25) is 0 Å². The molecule has 0 aliphatic rings. The molecular weight excluding hydrogens is 215 g/mol. The molecule has 0 spiro atoms. The van der Waals surface area contributed by atoms with Crippen LogP contribution in [0.4, 0.5) is 17.3 Å². The van der Waals surface area contributed by atoms with Gasteiger partial charge in [-0.05, 0) is 13.8 Å². The Morgan fingerprint density at radius 3 is 2.07 bits per heavy atom. The van der Waals surface area contributed by atoms with Gasteiger partial charge in [-0.15, -0.1) is 0 Å². The van der Waals surface area contributed by atoms with Crippen molar-refractivity contribution in [1.29, 1.82) is 5.26 Å². The third-order valence-corrected chi connectivity index (χ3v) is 1.13. The van der Waals surface area contributed by atoms with Crippen molar-refractivity contribution >= 4 is 13.2 Å². The zero-order valence-corrected chi connectivity index (χ0v) is 8.73. The number of nitrogens with one attached hydrogen (secondary N) is 1. The first kappa shape index (κ1) is 16.2. The summed E-state index contributed by atoms with van der Waals surface area (Å²) >= 11 is 0. The van der Waals surface area contributed by atoms with Gasteiger partial charge in [0.2, 0.25) is 0 Å². The lowest BCUT2D eigenvalue weighted by atomic mass is 10.2. The molecule has 3 nitrogen and oxygen atoms in total. The summed E-state index contributed by atoms with van der Waals surface area (Å²) in [4.78, 5) is 2.83. The van der Waals surface area contributed by atoms with E-state index in [4.69, 9.17) is 10.00 Å². The number of rotatable bonds is 2. The second kappa shape index (κ2) is 8.09. The van der Waals surface area contributed by atoms with Crippen LogP contribution in [0.5, 0.6) is 0 Å². The predicted octanol–water partition coefficient (Wildman–Crippen LogP) is 0.591. The Morgan fingerprint density at radius 1 is 1.47 bits per heavy atom. The van der Waals surface area contributed by atoms with Crippen LogP contribution < -0.4 is 4.99 Å². The minimum atomic E-state index is -6.00. The molecule has 1 atom stereocenters. The summed E-state index contributed by atoms with van der Waals surface area (Å²) in [5.41, 5.74) is 0. The maximum atomic E-state index is 9.75. The van der Waals surface area contributed by atoms with Crippen LogP contribution in [0.3, 0.4) is 0 Å². The van der Waals surface area contributed by atoms with E-state index in [1.54, 1.807) is 14.0 Å². The number of hydrogen-bond donors (Lipinski definition) is 1. The van der Waals surface area contributed by atoms with Crippen LogP contribution >= 0.6 is 0 Å². The highest BCUT2D eigenvalue weighted by atomic mass is 19.5. The highest BCUT2D eigenvalue weighted by Crippen LogP contribution is 2.06. The molecule has 0 saturated heterocycles. The fraction of sp³-hybridized carbons (Fsp3) is 0.714. The Bertz CT molecular complexity index is 230. The van der Waals surface area contributed by atoms with E-state index in [-0.39, 0.29) is 5.92 Å². The van der Waals surface area contributed by atoms with E-state index in [2.05, 4.69) is 11.1 Å². The highest BCUT2D eigenvalue weighted by Gasteiger charge is 2.20. The SMILES string of the molecule is CCOC(=[NH+]C)C(C)C#N.F[B-](F)(F)F. The number of ether oxygens (including phenoxy) is 1. The molecule has 1 unspecified atom stereocenters. The van der Waals surface area contributed by atoms with Gasteiger partial charge in [-0.1, -0.05) is 0 Å². The van der Waals surface area contributed by atoms with Gasteiger partial charge in [0.25, 0.3) is 0 Å². The molecule has 0 bridgehead atoms. The van der Waals surface area contributed by atoms with Crippen LogP contribution in [0, 0.1) is 17.2 Å². The largest absolute Gasteiger partial charge is 0.673 e. The second-order valence-electron chi connectivity index (χ2n) is 2.39. The van der Waals surface area contributed by atoms with Crippen molar-refractivity contribution in [3.05, 3.63) is 0 Å². The molecule has 15 heavy (non-hydrogen) atoms. The average molecular weight is 228 g/mol. The first-order valence-corrected chi connectivity index (χ1v) is 4.20. The average Bonchev–Trinajstić information content (AvgIpc) is 2.10. The summed E-state index contributed by atoms with van der Waals surface area (Å²) in [5, 5.41) is 8.47. The van der Waals surface area contributed by atoms with Crippen molar-refractivity contribution in [2.24, 2.45) is 5.92 Å². The van der Waals surface area contributed by atoms with Crippen LogP contribution in [-0.4, -0.2) is 26.8 Å². The molecule has 0 aromatic rings. The van der Waals surface area contributed by atoms with E-state index in [0.717, 1.165) is 0 Å². The van der Waals surface area contributed by atoms with E-state index in [9.17, 15) is 17.3 Å². The van der Waals surface area contributed by atoms with Gasteiger partial charge in [0.1, 0.15) is 7.05 Å². The fourth-order valence-electron chi connectivity index (χ4n) is 0.628. The third kappa shape index (κ3) is 15.5. The van der Waals surface area contributed by atoms with E-state index in [1.807, 2.05) is 6.92 Å². The summed E-state index contributed by atoms with van der Waals surface area (Å²) in [7, 11) is -4.25. The molecule has 0 aromatic carbocycles. The summed E-state index contributed by atoms with van der Waals surface area (Å²) in [6, 6.07) is 2.08. The molecule has 88 valence electrons. The maximum Gasteiger partial charge on any atom is 0.673 e. The Morgan fingerprint density at radius 2 is 1.87 bits per heavy atom. The van der Waals surface area contributed by atoms with Gasteiger partial charge < -0.3 is 22.0 Å². The van der Waals surface area contributed by atoms with Crippen LogP contribution in [-0.2, 0) is 4.74 Å². The number of nitrogens with zero attached hydrogens (tertiary/aromatic N) is 1. The monoisotopic (exact) mass is 228 g/mol. The zero-order chi connectivity index (χ0) is 12.5. The lowest BCUT2D eigenvalue weighted by molar-refractivity contribution is -0.434. The minimum Gasteiger partial charge on any atom is -0.447 e. The number of nitriles is 1. The van der Waals surface area contributed by atoms with Gasteiger partial charge in [-0.25, -0.2) is 4.99 Å². The predicted molar refractivity (Wildman–Crippen MR) is 48.5 cm³/mol. The molecule has 0 fully saturated rings. The third-order valence-electron chi connectivity index (χ3n) is 1.13. The van der Waals surface area contributed by atoms with E-state index >= 15 is 0 Å². The lowest BCUT2D eigenvalue weighted by Gasteiger charge is -2.00. The standard InChI is InChI=1S/C7H12N2O.BF4/c1-4-10-7(9-3)6(2)5-8;2-1(3,4)5/h6H,4H2,1-3H3;/q;-1/p+1. The number of hydrogen-bond acceptors (Lipinski definition) is 2. The topological polar surface area (TPSA) is 47.0 Å². The minimum absolute atomic E-state index is 0.176. The molecule has 0 aliphatic carbocycles. The molecule has 0 aromatic heterocycles. The van der Waals surface area contributed by atoms with E-state index in [0.29, 0.717) is 12.5 Å². The molecular formula is C7H13BF4N2O. The Labute approximate surface area is 85.9 Å². The van der Waals surface area contributed by atoms with Gasteiger partial charge in [-0.2, -0.15) is 5.26 Å². The van der Waals surface area contributed by atoms with E-state index in [1.165, 1.54) is 0 Å². The van der Waals surface area contributed by atoms with Gasteiger partial charge in [0, 0.05) is 0 Å². The van der Waals surface area contributed by atoms with Crippen molar-refractivity contribution in [2.45, 2.75) is 13.8 Å². The Hall–Kier alpha value is -1.26. The van der Waals surface area contributed by atoms with Crippen molar-refractivity contribution in [3.8, 4) is 6.07 Å². The molecule has 0 aliphatic heterocycles. The van der Waals surface area contributed by atoms with Gasteiger partial charge in [0.05, 0.1) is 12.7 Å². The molecule has 8 heteroatoms. The summed E-state index contributed by atoms with van der Waals surface area (Å²) in [6.45, 7) is 4.28. The van der Waals surface area contributed by atoms with Crippen LogP contribution in [0.1, 0.15) is 13.8 Å². The van der Waals surface area contributed by atoms with Gasteiger partial charge >= 0.3 is 13.2 Å². The summed E-state index contributed by atoms with van der Waals surface area (Å²) < 4.78 is 44.1. The zero-order valence-electron chi connectivity index (χ0n) is 8.73. The molecule has 0 heterocycles. The second-order valence-corrected chi connectivity index (χ2v) is 2.39. The smallest absolute Gasteiger partial charge is 0.447 e. The first-order valence-electron chi connectivity index (χ1n) is 4.20. The molecule has 0 saturated carbocycles. The van der Waals surface area contributed by atoms with Crippen LogP contribution in [0.15, 0.2) is 0 Å². The summed E-state index contributed by atoms with van der Waals surface area (Å²) in [6.07, 6.45) is 0. The first-order chi connectivity index (χ1) is 6.76.